The number of amides is 1. The Hall–Kier alpha value is -1.47. The zero-order valence-electron chi connectivity index (χ0n) is 14.2. The molecule has 0 bridgehead atoms. The fourth-order valence-corrected chi connectivity index (χ4v) is 3.61. The van der Waals surface area contributed by atoms with E-state index in [9.17, 15) is 9.18 Å². The standard InChI is InChI=1S/C19H20BrClFN3O/c20-16-11-15(22)6-5-14(16)12-24-7-9-25(10-8-24)13-19(26)23-18-4-2-1-3-17(18)21/h1-6,11H,7-10,12-13H2,(H,23,26). The summed E-state index contributed by atoms with van der Waals surface area (Å²) in [5.41, 5.74) is 1.70. The van der Waals surface area contributed by atoms with Gasteiger partial charge >= 0.3 is 0 Å². The molecule has 138 valence electrons. The lowest BCUT2D eigenvalue weighted by Gasteiger charge is -2.34. The van der Waals surface area contributed by atoms with Crippen LogP contribution in [0.25, 0.3) is 0 Å². The van der Waals surface area contributed by atoms with Crippen LogP contribution in [0.5, 0.6) is 0 Å². The van der Waals surface area contributed by atoms with Crippen molar-refractivity contribution in [3.63, 3.8) is 0 Å². The highest BCUT2D eigenvalue weighted by molar-refractivity contribution is 9.10. The lowest BCUT2D eigenvalue weighted by Crippen LogP contribution is -2.48. The summed E-state index contributed by atoms with van der Waals surface area (Å²) in [7, 11) is 0. The van der Waals surface area contributed by atoms with E-state index in [1.165, 1.54) is 12.1 Å². The topological polar surface area (TPSA) is 35.6 Å². The first-order valence-corrected chi connectivity index (χ1v) is 9.61. The highest BCUT2D eigenvalue weighted by atomic mass is 79.9. The molecule has 1 aliphatic heterocycles. The van der Waals surface area contributed by atoms with E-state index in [-0.39, 0.29) is 11.7 Å². The number of benzene rings is 2. The van der Waals surface area contributed by atoms with Crippen LogP contribution in [0.2, 0.25) is 5.02 Å². The third-order valence-corrected chi connectivity index (χ3v) is 5.46. The van der Waals surface area contributed by atoms with Gasteiger partial charge in [0.05, 0.1) is 17.3 Å². The Morgan fingerprint density at radius 3 is 2.50 bits per heavy atom. The largest absolute Gasteiger partial charge is 0.324 e. The second kappa shape index (κ2) is 8.95. The minimum Gasteiger partial charge on any atom is -0.324 e. The van der Waals surface area contributed by atoms with Crippen molar-refractivity contribution in [1.29, 1.82) is 0 Å². The van der Waals surface area contributed by atoms with Crippen LogP contribution in [0.15, 0.2) is 46.9 Å². The molecule has 2 aromatic carbocycles. The van der Waals surface area contributed by atoms with E-state index in [0.29, 0.717) is 17.3 Å². The molecule has 7 heteroatoms. The molecule has 0 spiro atoms. The van der Waals surface area contributed by atoms with E-state index in [4.69, 9.17) is 11.6 Å². The molecule has 0 radical (unpaired) electrons. The number of hydrogen-bond donors (Lipinski definition) is 1. The maximum Gasteiger partial charge on any atom is 0.238 e. The third kappa shape index (κ3) is 5.27. The first-order chi connectivity index (χ1) is 12.5. The van der Waals surface area contributed by atoms with Gasteiger partial charge in [-0.1, -0.05) is 45.7 Å². The van der Waals surface area contributed by atoms with Crippen LogP contribution < -0.4 is 5.32 Å². The Labute approximate surface area is 166 Å². The van der Waals surface area contributed by atoms with E-state index in [2.05, 4.69) is 31.0 Å². The van der Waals surface area contributed by atoms with Crippen molar-refractivity contribution in [3.05, 3.63) is 63.3 Å². The second-order valence-electron chi connectivity index (χ2n) is 6.32. The molecule has 0 aromatic heterocycles. The molecule has 1 saturated heterocycles. The predicted molar refractivity (Wildman–Crippen MR) is 106 cm³/mol. The number of rotatable bonds is 5. The molecule has 1 N–H and O–H groups in total. The van der Waals surface area contributed by atoms with Gasteiger partial charge in [-0.3, -0.25) is 14.6 Å². The van der Waals surface area contributed by atoms with E-state index >= 15 is 0 Å². The van der Waals surface area contributed by atoms with Crippen LogP contribution in [0.4, 0.5) is 10.1 Å². The fraction of sp³-hybridized carbons (Fsp3) is 0.316. The average Bonchev–Trinajstić information content (AvgIpc) is 2.61. The Bertz CT molecular complexity index is 781. The smallest absolute Gasteiger partial charge is 0.238 e. The Morgan fingerprint density at radius 2 is 1.81 bits per heavy atom. The van der Waals surface area contributed by atoms with Crippen LogP contribution in [0, 0.1) is 5.82 Å². The molecule has 0 aliphatic carbocycles. The first kappa shape index (κ1) is 19.3. The zero-order valence-corrected chi connectivity index (χ0v) is 16.6. The minimum absolute atomic E-state index is 0.0622. The maximum atomic E-state index is 13.2. The Kier molecular flexibility index (Phi) is 6.64. The SMILES string of the molecule is O=C(CN1CCN(Cc2ccc(F)cc2Br)CC1)Nc1ccccc1Cl. The predicted octanol–water partition coefficient (Wildman–Crippen LogP) is 4.00. The summed E-state index contributed by atoms with van der Waals surface area (Å²) >= 11 is 9.48. The molecular formula is C19H20BrClFN3O. The van der Waals surface area contributed by atoms with E-state index < -0.39 is 0 Å². The van der Waals surface area contributed by atoms with E-state index in [0.717, 1.165) is 42.8 Å². The van der Waals surface area contributed by atoms with Gasteiger partial charge in [0.1, 0.15) is 5.82 Å². The summed E-state index contributed by atoms with van der Waals surface area (Å²) in [5.74, 6) is -0.303. The lowest BCUT2D eigenvalue weighted by atomic mass is 10.2. The molecule has 4 nitrogen and oxygen atoms in total. The zero-order chi connectivity index (χ0) is 18.5. The van der Waals surface area contributed by atoms with Gasteiger partial charge in [-0.25, -0.2) is 4.39 Å². The van der Waals surface area contributed by atoms with Crippen molar-refractivity contribution in [3.8, 4) is 0 Å². The molecule has 1 amide bonds. The lowest BCUT2D eigenvalue weighted by molar-refractivity contribution is -0.117. The molecule has 1 aliphatic rings. The van der Waals surface area contributed by atoms with Crippen LogP contribution in [0.1, 0.15) is 5.56 Å². The third-order valence-electron chi connectivity index (χ3n) is 4.39. The monoisotopic (exact) mass is 439 g/mol. The van der Waals surface area contributed by atoms with Crippen molar-refractivity contribution in [2.45, 2.75) is 6.54 Å². The molecule has 3 rings (SSSR count). The van der Waals surface area contributed by atoms with E-state index in [1.54, 1.807) is 12.1 Å². The summed E-state index contributed by atoms with van der Waals surface area (Å²) in [4.78, 5) is 16.6. The van der Waals surface area contributed by atoms with Crippen LogP contribution >= 0.6 is 27.5 Å². The summed E-state index contributed by atoms with van der Waals surface area (Å²) < 4.78 is 14.0. The molecule has 26 heavy (non-hydrogen) atoms. The van der Waals surface area contributed by atoms with Gasteiger partial charge in [0, 0.05) is 37.2 Å². The van der Waals surface area contributed by atoms with Gasteiger partial charge in [0.2, 0.25) is 5.91 Å². The normalized spacial score (nSPS) is 15.8. The number of para-hydroxylation sites is 1. The molecule has 1 fully saturated rings. The Balaban J connectivity index is 1.46. The van der Waals surface area contributed by atoms with Gasteiger partial charge in [0.25, 0.3) is 0 Å². The molecule has 2 aromatic rings. The number of nitrogens with zero attached hydrogens (tertiary/aromatic N) is 2. The molecule has 1 heterocycles. The fourth-order valence-electron chi connectivity index (χ4n) is 2.95. The highest BCUT2D eigenvalue weighted by Gasteiger charge is 2.20. The summed E-state index contributed by atoms with van der Waals surface area (Å²) in [6.07, 6.45) is 0. The highest BCUT2D eigenvalue weighted by Crippen LogP contribution is 2.21. The van der Waals surface area contributed by atoms with Crippen LogP contribution in [-0.2, 0) is 11.3 Å². The number of carbonyl (C=O) groups is 1. The van der Waals surface area contributed by atoms with Crippen LogP contribution in [0.3, 0.4) is 0 Å². The molecule has 0 unspecified atom stereocenters. The van der Waals surface area contributed by atoms with Crippen molar-refractivity contribution in [1.82, 2.24) is 9.80 Å². The Morgan fingerprint density at radius 1 is 1.12 bits per heavy atom. The number of halogens is 3. The molecule has 0 atom stereocenters. The average molecular weight is 441 g/mol. The van der Waals surface area contributed by atoms with Gasteiger partial charge in [0.15, 0.2) is 0 Å². The number of carbonyl (C=O) groups excluding carboxylic acids is 1. The molecule has 0 saturated carbocycles. The number of anilines is 1. The number of hydrogen-bond acceptors (Lipinski definition) is 3. The van der Waals surface area contributed by atoms with Crippen molar-refractivity contribution in [2.75, 3.05) is 38.0 Å². The van der Waals surface area contributed by atoms with Gasteiger partial charge in [-0.2, -0.15) is 0 Å². The van der Waals surface area contributed by atoms with Crippen molar-refractivity contribution in [2.24, 2.45) is 0 Å². The van der Waals surface area contributed by atoms with Crippen LogP contribution in [-0.4, -0.2) is 48.4 Å². The second-order valence-corrected chi connectivity index (χ2v) is 7.58. The number of nitrogens with one attached hydrogen (secondary N) is 1. The molecular weight excluding hydrogens is 421 g/mol. The summed E-state index contributed by atoms with van der Waals surface area (Å²) in [6, 6.07) is 12.0. The summed E-state index contributed by atoms with van der Waals surface area (Å²) in [5, 5.41) is 3.39. The first-order valence-electron chi connectivity index (χ1n) is 8.44. The van der Waals surface area contributed by atoms with Crippen molar-refractivity contribution >= 4 is 39.1 Å². The maximum absolute atomic E-state index is 13.2. The quantitative estimate of drug-likeness (QED) is 0.763. The number of piperazine rings is 1. The summed E-state index contributed by atoms with van der Waals surface area (Å²) in [6.45, 7) is 4.47. The van der Waals surface area contributed by atoms with Crippen molar-refractivity contribution < 1.29 is 9.18 Å². The van der Waals surface area contributed by atoms with E-state index in [1.807, 2.05) is 18.2 Å². The van der Waals surface area contributed by atoms with Gasteiger partial charge < -0.3 is 5.32 Å². The minimum atomic E-state index is -0.241. The van der Waals surface area contributed by atoms with Gasteiger partial charge in [-0.15, -0.1) is 0 Å². The van der Waals surface area contributed by atoms with Gasteiger partial charge in [-0.05, 0) is 29.8 Å².